The molecule has 1 saturated carbocycles. The van der Waals surface area contributed by atoms with Crippen LogP contribution >= 0.6 is 0 Å². The number of fused-ring (bicyclic) bond motifs is 1. The van der Waals surface area contributed by atoms with Crippen LogP contribution in [-0.2, 0) is 9.59 Å². The molecule has 0 aromatic heterocycles. The zero-order valence-corrected chi connectivity index (χ0v) is 12.1. The molecule has 2 N–H and O–H groups in total. The number of aliphatic carboxylic acids is 1. The second-order valence-corrected chi connectivity index (χ2v) is 5.96. The molecule has 1 amide bonds. The maximum absolute atomic E-state index is 13.1. The number of carboxylic acid groups (broad SMARTS) is 1. The van der Waals surface area contributed by atoms with Gasteiger partial charge in [0, 0.05) is 6.08 Å². The van der Waals surface area contributed by atoms with Crippen molar-refractivity contribution in [1.82, 2.24) is 5.32 Å². The first-order chi connectivity index (χ1) is 11.0. The SMILES string of the molecule is O=C1C=C(C(=O)O)[C@H]2C(C3CC3)=NN(c3ccc(F)cc3)[C@H]2N1. The fraction of sp³-hybridized carbons (Fsp3) is 0.312. The van der Waals surface area contributed by atoms with Crippen LogP contribution in [-0.4, -0.2) is 28.9 Å². The molecule has 2 aliphatic heterocycles. The number of carboxylic acids is 1. The number of anilines is 1. The lowest BCUT2D eigenvalue weighted by Crippen LogP contribution is -2.52. The molecular weight excluding hydrogens is 301 g/mol. The number of hydrogen-bond donors (Lipinski definition) is 2. The van der Waals surface area contributed by atoms with E-state index < -0.39 is 24.0 Å². The van der Waals surface area contributed by atoms with Crippen molar-refractivity contribution in [2.75, 3.05) is 5.01 Å². The summed E-state index contributed by atoms with van der Waals surface area (Å²) in [5, 5.41) is 18.4. The molecule has 1 aromatic carbocycles. The van der Waals surface area contributed by atoms with E-state index in [1.165, 1.54) is 12.1 Å². The van der Waals surface area contributed by atoms with E-state index in [-0.39, 0.29) is 17.3 Å². The van der Waals surface area contributed by atoms with Gasteiger partial charge in [0.05, 0.1) is 22.9 Å². The van der Waals surface area contributed by atoms with E-state index in [2.05, 4.69) is 10.4 Å². The topological polar surface area (TPSA) is 82.0 Å². The summed E-state index contributed by atoms with van der Waals surface area (Å²) in [6.45, 7) is 0. The molecule has 0 saturated heterocycles. The van der Waals surface area contributed by atoms with Gasteiger partial charge in [-0.15, -0.1) is 0 Å². The highest BCUT2D eigenvalue weighted by Gasteiger charge is 2.49. The third-order valence-electron chi connectivity index (χ3n) is 4.37. The maximum atomic E-state index is 13.1. The van der Waals surface area contributed by atoms with Crippen LogP contribution in [0.4, 0.5) is 10.1 Å². The summed E-state index contributed by atoms with van der Waals surface area (Å²) in [6.07, 6.45) is 2.50. The third-order valence-corrected chi connectivity index (χ3v) is 4.37. The zero-order chi connectivity index (χ0) is 16.1. The van der Waals surface area contributed by atoms with Crippen molar-refractivity contribution in [3.63, 3.8) is 0 Å². The standard InChI is InChI=1S/C16H14FN3O3/c17-9-3-5-10(6-4-9)20-15-13(14(19-20)8-1-2-8)11(16(22)23)7-12(21)18-15/h3-8,13,15H,1-2H2,(H,18,21)(H,22,23)/t13-,15+/m0/s1. The van der Waals surface area contributed by atoms with Crippen LogP contribution in [0.25, 0.3) is 0 Å². The van der Waals surface area contributed by atoms with Crippen LogP contribution in [0.2, 0.25) is 0 Å². The first-order valence-electron chi connectivity index (χ1n) is 7.43. The maximum Gasteiger partial charge on any atom is 0.332 e. The number of carbonyl (C=O) groups is 2. The van der Waals surface area contributed by atoms with Crippen LogP contribution in [0, 0.1) is 17.7 Å². The lowest BCUT2D eigenvalue weighted by atomic mass is 9.86. The van der Waals surface area contributed by atoms with Gasteiger partial charge in [-0.05, 0) is 43.0 Å². The molecule has 4 rings (SSSR count). The minimum Gasteiger partial charge on any atom is -0.478 e. The Morgan fingerprint density at radius 2 is 2.00 bits per heavy atom. The summed E-state index contributed by atoms with van der Waals surface area (Å²) in [7, 11) is 0. The zero-order valence-electron chi connectivity index (χ0n) is 12.1. The number of benzene rings is 1. The Kier molecular flexibility index (Phi) is 2.97. The fourth-order valence-corrected chi connectivity index (χ4v) is 3.17. The molecule has 0 unspecified atom stereocenters. The average Bonchev–Trinajstić information content (AvgIpc) is 3.29. The second kappa shape index (κ2) is 4.91. The Balaban J connectivity index is 1.78. The number of nitrogens with zero attached hydrogens (tertiary/aromatic N) is 2. The van der Waals surface area contributed by atoms with Crippen LogP contribution in [0.15, 0.2) is 41.0 Å². The monoisotopic (exact) mass is 315 g/mol. The Morgan fingerprint density at radius 1 is 1.30 bits per heavy atom. The van der Waals surface area contributed by atoms with Gasteiger partial charge in [0.25, 0.3) is 0 Å². The second-order valence-electron chi connectivity index (χ2n) is 5.96. The number of carbonyl (C=O) groups excluding carboxylic acids is 1. The van der Waals surface area contributed by atoms with E-state index in [1.54, 1.807) is 17.1 Å². The molecule has 0 radical (unpaired) electrons. The summed E-state index contributed by atoms with van der Waals surface area (Å²) in [5.41, 5.74) is 1.46. The molecule has 1 fully saturated rings. The molecule has 0 bridgehead atoms. The van der Waals surface area contributed by atoms with Crippen molar-refractivity contribution in [2.24, 2.45) is 16.9 Å². The highest BCUT2D eigenvalue weighted by molar-refractivity contribution is 6.09. The van der Waals surface area contributed by atoms with Gasteiger partial charge in [-0.2, -0.15) is 5.10 Å². The number of hydrogen-bond acceptors (Lipinski definition) is 4. The van der Waals surface area contributed by atoms with Crippen LogP contribution in [0.1, 0.15) is 12.8 Å². The summed E-state index contributed by atoms with van der Waals surface area (Å²) >= 11 is 0. The molecule has 7 heteroatoms. The molecule has 6 nitrogen and oxygen atoms in total. The lowest BCUT2D eigenvalue weighted by molar-refractivity contribution is -0.134. The minimum atomic E-state index is -1.11. The van der Waals surface area contributed by atoms with Gasteiger partial charge in [0.15, 0.2) is 0 Å². The van der Waals surface area contributed by atoms with Crippen LogP contribution in [0.5, 0.6) is 0 Å². The highest BCUT2D eigenvalue weighted by Crippen LogP contribution is 2.42. The van der Waals surface area contributed by atoms with Crippen LogP contribution in [0.3, 0.4) is 0 Å². The summed E-state index contributed by atoms with van der Waals surface area (Å²) in [4.78, 5) is 23.4. The Hall–Kier alpha value is -2.70. The van der Waals surface area contributed by atoms with E-state index in [4.69, 9.17) is 0 Å². The van der Waals surface area contributed by atoms with Gasteiger partial charge in [0.2, 0.25) is 5.91 Å². The number of amides is 1. The Labute approximate surface area is 131 Å². The smallest absolute Gasteiger partial charge is 0.332 e. The van der Waals surface area contributed by atoms with Crippen molar-refractivity contribution in [2.45, 2.75) is 19.0 Å². The highest BCUT2D eigenvalue weighted by atomic mass is 19.1. The lowest BCUT2D eigenvalue weighted by Gasteiger charge is -2.31. The molecule has 1 aromatic rings. The normalized spacial score (nSPS) is 26.3. The van der Waals surface area contributed by atoms with E-state index in [1.807, 2.05) is 0 Å². The molecule has 23 heavy (non-hydrogen) atoms. The van der Waals surface area contributed by atoms with E-state index >= 15 is 0 Å². The Bertz CT molecular complexity index is 752. The summed E-state index contributed by atoms with van der Waals surface area (Å²) in [5.74, 6) is -2.14. The van der Waals surface area contributed by atoms with Gasteiger partial charge in [-0.1, -0.05) is 0 Å². The van der Waals surface area contributed by atoms with Gasteiger partial charge >= 0.3 is 5.97 Å². The largest absolute Gasteiger partial charge is 0.478 e. The van der Waals surface area contributed by atoms with Crippen molar-refractivity contribution in [3.8, 4) is 0 Å². The number of hydrazone groups is 1. The van der Waals surface area contributed by atoms with Crippen molar-refractivity contribution < 1.29 is 19.1 Å². The number of nitrogens with one attached hydrogen (secondary N) is 1. The van der Waals surface area contributed by atoms with Crippen LogP contribution < -0.4 is 10.3 Å². The van der Waals surface area contributed by atoms with Gasteiger partial charge < -0.3 is 10.4 Å². The van der Waals surface area contributed by atoms with E-state index in [9.17, 15) is 19.1 Å². The van der Waals surface area contributed by atoms with Gasteiger partial charge in [-0.25, -0.2) is 14.2 Å². The summed E-state index contributed by atoms with van der Waals surface area (Å²) in [6, 6.07) is 5.76. The minimum absolute atomic E-state index is 0.0639. The number of rotatable bonds is 3. The number of halogens is 1. The predicted molar refractivity (Wildman–Crippen MR) is 80.2 cm³/mol. The molecular formula is C16H14FN3O3. The molecule has 2 atom stereocenters. The Morgan fingerprint density at radius 3 is 2.61 bits per heavy atom. The first kappa shape index (κ1) is 13.9. The predicted octanol–water partition coefficient (Wildman–Crippen LogP) is 1.49. The molecule has 3 aliphatic rings. The fourth-order valence-electron chi connectivity index (χ4n) is 3.17. The van der Waals surface area contributed by atoms with Crippen molar-refractivity contribution in [3.05, 3.63) is 41.7 Å². The van der Waals surface area contributed by atoms with Crippen molar-refractivity contribution >= 4 is 23.3 Å². The van der Waals surface area contributed by atoms with Gasteiger partial charge in [-0.3, -0.25) is 4.79 Å². The van der Waals surface area contributed by atoms with Crippen molar-refractivity contribution in [1.29, 1.82) is 0 Å². The summed E-state index contributed by atoms with van der Waals surface area (Å²) < 4.78 is 13.1. The van der Waals surface area contributed by atoms with E-state index in [0.29, 0.717) is 5.69 Å². The quantitative estimate of drug-likeness (QED) is 0.885. The molecule has 2 heterocycles. The van der Waals surface area contributed by atoms with Gasteiger partial charge in [0.1, 0.15) is 12.0 Å². The molecule has 0 spiro atoms. The third kappa shape index (κ3) is 2.28. The molecule has 1 aliphatic carbocycles. The average molecular weight is 315 g/mol. The van der Waals surface area contributed by atoms with E-state index in [0.717, 1.165) is 24.6 Å². The molecule has 118 valence electrons. The first-order valence-corrected chi connectivity index (χ1v) is 7.43.